The molecule has 8 heteroatoms. The maximum Gasteiger partial charge on any atom is 0.357 e. The Kier molecular flexibility index (Phi) is 7.21. The molecule has 0 bridgehead atoms. The standard InChI is InChI=1S/C13H32O5Si3/c1-9-10-12(15)13(16,11-14)21(8,17-19(2,3)4)18-20(5,6)7/h11-12,15-16H,9-10H2,1-8H3. The molecule has 0 rings (SSSR count). The Balaban J connectivity index is 5.78. The quantitative estimate of drug-likeness (QED) is 0.492. The monoisotopic (exact) mass is 352 g/mol. The summed E-state index contributed by atoms with van der Waals surface area (Å²) in [7, 11) is -7.43. The first kappa shape index (κ1) is 21.2. The first-order valence-corrected chi connectivity index (χ1v) is 16.6. The summed E-state index contributed by atoms with van der Waals surface area (Å²) in [6.45, 7) is 15.5. The third-order valence-electron chi connectivity index (χ3n) is 2.98. The Labute approximate surface area is 132 Å². The van der Waals surface area contributed by atoms with Crippen molar-refractivity contribution in [3.63, 3.8) is 0 Å². The number of aliphatic hydroxyl groups excluding tert-OH is 1. The molecule has 0 heterocycles. The van der Waals surface area contributed by atoms with Crippen LogP contribution in [0.3, 0.4) is 0 Å². The lowest BCUT2D eigenvalue weighted by Gasteiger charge is -2.46. The lowest BCUT2D eigenvalue weighted by Crippen LogP contribution is -2.72. The van der Waals surface area contributed by atoms with Crippen molar-refractivity contribution in [2.75, 3.05) is 0 Å². The summed E-state index contributed by atoms with van der Waals surface area (Å²) in [4.78, 5) is 11.7. The molecule has 0 radical (unpaired) electrons. The number of aldehydes is 1. The van der Waals surface area contributed by atoms with E-state index in [9.17, 15) is 15.0 Å². The van der Waals surface area contributed by atoms with Crippen LogP contribution in [0.1, 0.15) is 19.8 Å². The van der Waals surface area contributed by atoms with Gasteiger partial charge in [0.25, 0.3) is 0 Å². The first-order valence-electron chi connectivity index (χ1n) is 7.48. The third kappa shape index (κ3) is 6.05. The van der Waals surface area contributed by atoms with Crippen molar-refractivity contribution in [3.8, 4) is 0 Å². The summed E-state index contributed by atoms with van der Waals surface area (Å²) in [6.07, 6.45) is 0.271. The normalized spacial score (nSPS) is 18.2. The molecule has 0 fully saturated rings. The molecule has 126 valence electrons. The maximum absolute atomic E-state index is 11.7. The fourth-order valence-electron chi connectivity index (χ4n) is 2.33. The van der Waals surface area contributed by atoms with Gasteiger partial charge in [-0.25, -0.2) is 0 Å². The van der Waals surface area contributed by atoms with Gasteiger partial charge in [-0.2, -0.15) is 0 Å². The van der Waals surface area contributed by atoms with Crippen molar-refractivity contribution >= 4 is 31.5 Å². The van der Waals surface area contributed by atoms with E-state index in [-0.39, 0.29) is 0 Å². The van der Waals surface area contributed by atoms with Gasteiger partial charge in [-0.15, -0.1) is 0 Å². The molecule has 0 saturated carbocycles. The molecule has 5 nitrogen and oxygen atoms in total. The topological polar surface area (TPSA) is 76.0 Å². The molecular weight excluding hydrogens is 320 g/mol. The summed E-state index contributed by atoms with van der Waals surface area (Å²) in [5, 5.41) is 19.3. The fraction of sp³-hybridized carbons (Fsp3) is 0.923. The third-order valence-corrected chi connectivity index (χ3v) is 12.9. The minimum absolute atomic E-state index is 0.335. The van der Waals surface area contributed by atoms with Gasteiger partial charge < -0.3 is 23.2 Å². The number of carbonyl (C=O) groups excluding carboxylic acids is 1. The molecule has 0 spiro atoms. The van der Waals surface area contributed by atoms with Gasteiger partial charge in [0.05, 0.1) is 6.10 Å². The average Bonchev–Trinajstić information content (AvgIpc) is 2.22. The van der Waals surface area contributed by atoms with E-state index in [0.717, 1.165) is 0 Å². The van der Waals surface area contributed by atoms with Crippen LogP contribution in [-0.4, -0.2) is 53.0 Å². The van der Waals surface area contributed by atoms with Crippen LogP contribution < -0.4 is 0 Å². The van der Waals surface area contributed by atoms with E-state index < -0.39 is 36.5 Å². The SMILES string of the molecule is CCCC(O)C(O)(C=O)[Si](C)(O[Si](C)(C)C)O[Si](C)(C)C. The lowest BCUT2D eigenvalue weighted by molar-refractivity contribution is -0.129. The van der Waals surface area contributed by atoms with E-state index in [1.807, 2.05) is 46.2 Å². The summed E-state index contributed by atoms with van der Waals surface area (Å²) in [5.41, 5.74) is 0. The second-order valence-electron chi connectivity index (χ2n) is 7.62. The number of hydrogen-bond acceptors (Lipinski definition) is 5. The molecule has 21 heavy (non-hydrogen) atoms. The largest absolute Gasteiger partial charge is 0.435 e. The van der Waals surface area contributed by atoms with Crippen molar-refractivity contribution in [2.45, 2.75) is 76.9 Å². The van der Waals surface area contributed by atoms with Gasteiger partial charge >= 0.3 is 8.56 Å². The van der Waals surface area contributed by atoms with Crippen molar-refractivity contribution in [3.05, 3.63) is 0 Å². The fourth-order valence-corrected chi connectivity index (χ4v) is 14.5. The van der Waals surface area contributed by atoms with Gasteiger partial charge in [-0.05, 0) is 52.2 Å². The molecule has 0 aromatic carbocycles. The number of rotatable bonds is 9. The highest BCUT2D eigenvalue weighted by atomic mass is 28.5. The van der Waals surface area contributed by atoms with Crippen LogP contribution in [0.5, 0.6) is 0 Å². The number of carbonyl (C=O) groups is 1. The van der Waals surface area contributed by atoms with E-state index in [2.05, 4.69) is 0 Å². The van der Waals surface area contributed by atoms with Crippen molar-refractivity contribution in [1.29, 1.82) is 0 Å². The Morgan fingerprint density at radius 3 is 1.67 bits per heavy atom. The zero-order chi connectivity index (χ0) is 17.1. The Bertz CT molecular complexity index is 335. The van der Waals surface area contributed by atoms with Crippen molar-refractivity contribution in [2.24, 2.45) is 0 Å². The van der Waals surface area contributed by atoms with Gasteiger partial charge in [0, 0.05) is 0 Å². The minimum atomic E-state index is -3.31. The lowest BCUT2D eigenvalue weighted by atomic mass is 10.1. The molecule has 0 saturated heterocycles. The predicted octanol–water partition coefficient (Wildman–Crippen LogP) is 2.39. The molecule has 2 atom stereocenters. The van der Waals surface area contributed by atoms with Crippen LogP contribution >= 0.6 is 0 Å². The zero-order valence-corrected chi connectivity index (χ0v) is 17.7. The molecule has 0 aliphatic carbocycles. The highest BCUT2D eigenvalue weighted by Crippen LogP contribution is 2.32. The smallest absolute Gasteiger partial charge is 0.357 e. The summed E-state index contributed by atoms with van der Waals surface area (Å²) in [6, 6.07) is 0. The van der Waals surface area contributed by atoms with Crippen molar-refractivity contribution < 1.29 is 23.2 Å². The molecule has 0 aliphatic heterocycles. The molecule has 0 aliphatic rings. The zero-order valence-electron chi connectivity index (χ0n) is 14.7. The molecule has 0 aromatic heterocycles. The maximum atomic E-state index is 11.7. The first-order chi connectivity index (χ1) is 9.21. The van der Waals surface area contributed by atoms with E-state index in [0.29, 0.717) is 19.1 Å². The Morgan fingerprint density at radius 1 is 1.05 bits per heavy atom. The van der Waals surface area contributed by atoms with Gasteiger partial charge in [0.2, 0.25) is 0 Å². The number of hydrogen-bond donors (Lipinski definition) is 2. The van der Waals surface area contributed by atoms with E-state index in [1.54, 1.807) is 6.55 Å². The van der Waals surface area contributed by atoms with Crippen LogP contribution in [0, 0.1) is 0 Å². The Hall–Kier alpha value is 0.161. The van der Waals surface area contributed by atoms with Crippen LogP contribution in [0.2, 0.25) is 45.8 Å². The van der Waals surface area contributed by atoms with Crippen LogP contribution in [-0.2, 0) is 13.0 Å². The second-order valence-corrected chi connectivity index (χ2v) is 20.4. The highest BCUT2D eigenvalue weighted by molar-refractivity contribution is 6.90. The molecule has 2 N–H and O–H groups in total. The molecule has 0 aromatic rings. The van der Waals surface area contributed by atoms with E-state index >= 15 is 0 Å². The van der Waals surface area contributed by atoms with Crippen molar-refractivity contribution in [1.82, 2.24) is 0 Å². The molecule has 2 unspecified atom stereocenters. The van der Waals surface area contributed by atoms with Gasteiger partial charge in [-0.1, -0.05) is 13.3 Å². The van der Waals surface area contributed by atoms with Crippen LogP contribution in [0.15, 0.2) is 0 Å². The average molecular weight is 353 g/mol. The van der Waals surface area contributed by atoms with Gasteiger partial charge in [-0.3, -0.25) is 0 Å². The van der Waals surface area contributed by atoms with Crippen LogP contribution in [0.25, 0.3) is 0 Å². The van der Waals surface area contributed by atoms with Crippen LogP contribution in [0.4, 0.5) is 0 Å². The molecular formula is C13H32O5Si3. The number of aliphatic hydroxyl groups is 2. The predicted molar refractivity (Wildman–Crippen MR) is 92.4 cm³/mol. The molecule has 0 amide bonds. The minimum Gasteiger partial charge on any atom is -0.435 e. The summed E-state index contributed by atoms with van der Waals surface area (Å²) >= 11 is 0. The summed E-state index contributed by atoms with van der Waals surface area (Å²) < 4.78 is 12.3. The van der Waals surface area contributed by atoms with Gasteiger partial charge in [0.1, 0.15) is 0 Å². The van der Waals surface area contributed by atoms with E-state index in [4.69, 9.17) is 8.23 Å². The Morgan fingerprint density at radius 2 is 1.43 bits per heavy atom. The summed E-state index contributed by atoms with van der Waals surface area (Å²) in [5.74, 6) is 0. The second kappa shape index (κ2) is 7.16. The van der Waals surface area contributed by atoms with E-state index in [1.165, 1.54) is 0 Å². The highest BCUT2D eigenvalue weighted by Gasteiger charge is 2.60. The van der Waals surface area contributed by atoms with Gasteiger partial charge in [0.15, 0.2) is 28.1 Å².